The minimum Gasteiger partial charge on any atom is -0.324 e. The molecule has 1 aromatic carbocycles. The van der Waals surface area contributed by atoms with E-state index in [0.717, 1.165) is 27.4 Å². The molecule has 0 unspecified atom stereocenters. The molecule has 0 spiro atoms. The highest BCUT2D eigenvalue weighted by Gasteiger charge is 2.15. The Bertz CT molecular complexity index is 1020. The van der Waals surface area contributed by atoms with Crippen LogP contribution in [0.1, 0.15) is 43.0 Å². The van der Waals surface area contributed by atoms with E-state index in [-0.39, 0.29) is 18.0 Å². The van der Waals surface area contributed by atoms with Crippen LogP contribution < -0.4 is 10.9 Å². The maximum absolute atomic E-state index is 12.8. The highest BCUT2D eigenvalue weighted by atomic mass is 32.1. The zero-order chi connectivity index (χ0) is 18.8. The summed E-state index contributed by atoms with van der Waals surface area (Å²) >= 11 is 1.54. The predicted octanol–water partition coefficient (Wildman–Crippen LogP) is 4.09. The summed E-state index contributed by atoms with van der Waals surface area (Å²) in [5.74, 6) is 0.627. The first-order chi connectivity index (χ1) is 12.4. The van der Waals surface area contributed by atoms with Crippen molar-refractivity contribution in [2.24, 2.45) is 0 Å². The van der Waals surface area contributed by atoms with Gasteiger partial charge >= 0.3 is 0 Å². The van der Waals surface area contributed by atoms with Gasteiger partial charge in [0, 0.05) is 10.6 Å². The van der Waals surface area contributed by atoms with E-state index in [1.54, 1.807) is 6.92 Å². The number of nitrogens with one attached hydrogen (secondary N) is 1. The predicted molar refractivity (Wildman–Crippen MR) is 107 cm³/mol. The van der Waals surface area contributed by atoms with Crippen molar-refractivity contribution >= 4 is 33.1 Å². The number of benzene rings is 1. The monoisotopic (exact) mass is 369 g/mol. The van der Waals surface area contributed by atoms with Gasteiger partial charge < -0.3 is 5.32 Å². The number of aromatic nitrogens is 2. The van der Waals surface area contributed by atoms with Gasteiger partial charge in [-0.15, -0.1) is 11.3 Å². The van der Waals surface area contributed by atoms with E-state index in [4.69, 9.17) is 0 Å². The van der Waals surface area contributed by atoms with Crippen LogP contribution in [0.15, 0.2) is 35.1 Å². The fraction of sp³-hybridized carbons (Fsp3) is 0.350. The third-order valence-electron chi connectivity index (χ3n) is 4.40. The van der Waals surface area contributed by atoms with Crippen LogP contribution in [-0.4, -0.2) is 15.5 Å². The molecular formula is C20H23N3O2S. The number of amides is 1. The maximum atomic E-state index is 12.8. The molecule has 6 heteroatoms. The summed E-state index contributed by atoms with van der Waals surface area (Å²) in [5.41, 5.74) is 1.70. The zero-order valence-corrected chi connectivity index (χ0v) is 16.3. The largest absolute Gasteiger partial charge is 0.324 e. The number of thiophene rings is 1. The van der Waals surface area contributed by atoms with Gasteiger partial charge in [-0.25, -0.2) is 4.98 Å². The Morgan fingerprint density at radius 2 is 2.04 bits per heavy atom. The molecule has 0 saturated heterocycles. The van der Waals surface area contributed by atoms with E-state index in [1.165, 1.54) is 15.9 Å². The standard InChI is InChI=1S/C20H23N3O2S/c1-5-14-10-16-19(26-14)21-13(4)23(20(16)25)11-18(24)22-17-9-7-6-8-15(17)12(2)3/h6-10,12H,5,11H2,1-4H3,(H,22,24). The highest BCUT2D eigenvalue weighted by Crippen LogP contribution is 2.24. The van der Waals surface area contributed by atoms with Crippen molar-refractivity contribution in [1.82, 2.24) is 9.55 Å². The Hall–Kier alpha value is -2.47. The second-order valence-corrected chi connectivity index (χ2v) is 7.74. The quantitative estimate of drug-likeness (QED) is 0.737. The van der Waals surface area contributed by atoms with Gasteiger partial charge in [0.05, 0.1) is 5.39 Å². The molecule has 0 radical (unpaired) electrons. The summed E-state index contributed by atoms with van der Waals surface area (Å²) in [6.07, 6.45) is 0.867. The molecule has 2 heterocycles. The first-order valence-electron chi connectivity index (χ1n) is 8.79. The van der Waals surface area contributed by atoms with Gasteiger partial charge in [0.25, 0.3) is 5.56 Å². The molecule has 2 aromatic heterocycles. The summed E-state index contributed by atoms with van der Waals surface area (Å²) in [5, 5.41) is 3.53. The van der Waals surface area contributed by atoms with Gasteiger partial charge in [-0.2, -0.15) is 0 Å². The minimum absolute atomic E-state index is 0.0443. The fourth-order valence-corrected chi connectivity index (χ4v) is 3.98. The molecule has 0 saturated carbocycles. The molecule has 1 N–H and O–H groups in total. The number of aryl methyl sites for hydroxylation is 2. The van der Waals surface area contributed by atoms with Crippen LogP contribution in [-0.2, 0) is 17.8 Å². The fourth-order valence-electron chi connectivity index (χ4n) is 2.98. The Morgan fingerprint density at radius 3 is 2.73 bits per heavy atom. The molecule has 5 nitrogen and oxygen atoms in total. The Morgan fingerprint density at radius 1 is 1.31 bits per heavy atom. The first kappa shape index (κ1) is 18.3. The molecule has 0 aliphatic heterocycles. The third kappa shape index (κ3) is 3.55. The highest BCUT2D eigenvalue weighted by molar-refractivity contribution is 7.18. The second kappa shape index (κ2) is 7.41. The van der Waals surface area contributed by atoms with Crippen LogP contribution in [0.3, 0.4) is 0 Å². The van der Waals surface area contributed by atoms with Crippen LogP contribution >= 0.6 is 11.3 Å². The van der Waals surface area contributed by atoms with E-state index in [2.05, 4.69) is 31.1 Å². The average Bonchev–Trinajstić information content (AvgIpc) is 3.02. The molecule has 0 bridgehead atoms. The van der Waals surface area contributed by atoms with E-state index < -0.39 is 0 Å². The van der Waals surface area contributed by atoms with E-state index in [0.29, 0.717) is 17.1 Å². The summed E-state index contributed by atoms with van der Waals surface area (Å²) in [4.78, 5) is 31.7. The summed E-state index contributed by atoms with van der Waals surface area (Å²) in [6, 6.07) is 9.63. The molecule has 1 amide bonds. The lowest BCUT2D eigenvalue weighted by atomic mass is 10.0. The summed E-state index contributed by atoms with van der Waals surface area (Å²) in [7, 11) is 0. The first-order valence-corrected chi connectivity index (χ1v) is 9.61. The van der Waals surface area contributed by atoms with E-state index >= 15 is 0 Å². The molecule has 136 valence electrons. The third-order valence-corrected chi connectivity index (χ3v) is 5.57. The van der Waals surface area contributed by atoms with Crippen molar-refractivity contribution in [3.05, 3.63) is 57.0 Å². The number of nitrogens with zero attached hydrogens (tertiary/aromatic N) is 2. The second-order valence-electron chi connectivity index (χ2n) is 6.63. The van der Waals surface area contributed by atoms with Crippen molar-refractivity contribution in [2.75, 3.05) is 5.32 Å². The molecule has 0 fully saturated rings. The van der Waals surface area contributed by atoms with Crippen molar-refractivity contribution in [1.29, 1.82) is 0 Å². The van der Waals surface area contributed by atoms with Gasteiger partial charge in [0.15, 0.2) is 0 Å². The average molecular weight is 369 g/mol. The lowest BCUT2D eigenvalue weighted by molar-refractivity contribution is -0.116. The van der Waals surface area contributed by atoms with Crippen molar-refractivity contribution in [3.8, 4) is 0 Å². The number of carbonyl (C=O) groups is 1. The lowest BCUT2D eigenvalue weighted by Crippen LogP contribution is -2.30. The summed E-state index contributed by atoms with van der Waals surface area (Å²) < 4.78 is 1.45. The van der Waals surface area contributed by atoms with Gasteiger partial charge in [0.2, 0.25) is 5.91 Å². The molecule has 3 rings (SSSR count). The minimum atomic E-state index is -0.226. The molecule has 3 aromatic rings. The van der Waals surface area contributed by atoms with Crippen LogP contribution in [0.2, 0.25) is 0 Å². The summed E-state index contributed by atoms with van der Waals surface area (Å²) in [6.45, 7) is 7.94. The lowest BCUT2D eigenvalue weighted by Gasteiger charge is -2.14. The number of para-hydroxylation sites is 1. The maximum Gasteiger partial charge on any atom is 0.262 e. The number of hydrogen-bond acceptors (Lipinski definition) is 4. The Balaban J connectivity index is 1.89. The Labute approximate surface area is 156 Å². The number of fused-ring (bicyclic) bond motifs is 1. The number of anilines is 1. The SMILES string of the molecule is CCc1cc2c(=O)n(CC(=O)Nc3ccccc3C(C)C)c(C)nc2s1. The Kier molecular flexibility index (Phi) is 5.23. The smallest absolute Gasteiger partial charge is 0.262 e. The van der Waals surface area contributed by atoms with Crippen LogP contribution in [0.4, 0.5) is 5.69 Å². The van der Waals surface area contributed by atoms with Crippen molar-refractivity contribution in [3.63, 3.8) is 0 Å². The number of carbonyl (C=O) groups excluding carboxylic acids is 1. The van der Waals surface area contributed by atoms with E-state index in [1.807, 2.05) is 30.3 Å². The van der Waals surface area contributed by atoms with Gasteiger partial charge in [-0.05, 0) is 37.0 Å². The molecule has 26 heavy (non-hydrogen) atoms. The molecule has 0 aliphatic carbocycles. The van der Waals surface area contributed by atoms with Crippen LogP contribution in [0.25, 0.3) is 10.2 Å². The topological polar surface area (TPSA) is 64.0 Å². The molecule has 0 atom stereocenters. The van der Waals surface area contributed by atoms with Gasteiger partial charge in [0.1, 0.15) is 17.2 Å². The van der Waals surface area contributed by atoms with Gasteiger partial charge in [-0.3, -0.25) is 14.2 Å². The molecule has 0 aliphatic rings. The van der Waals surface area contributed by atoms with E-state index in [9.17, 15) is 9.59 Å². The normalized spacial score (nSPS) is 11.3. The number of hydrogen-bond donors (Lipinski definition) is 1. The number of rotatable bonds is 5. The van der Waals surface area contributed by atoms with Crippen molar-refractivity contribution in [2.45, 2.75) is 46.6 Å². The van der Waals surface area contributed by atoms with Crippen LogP contribution in [0, 0.1) is 6.92 Å². The molecular weight excluding hydrogens is 346 g/mol. The zero-order valence-electron chi connectivity index (χ0n) is 15.5. The van der Waals surface area contributed by atoms with Crippen molar-refractivity contribution < 1.29 is 4.79 Å². The van der Waals surface area contributed by atoms with Gasteiger partial charge in [-0.1, -0.05) is 39.0 Å². The van der Waals surface area contributed by atoms with Crippen LogP contribution in [0.5, 0.6) is 0 Å².